The Labute approximate surface area is 150 Å². The van der Waals surface area contributed by atoms with Crippen LogP contribution in [0.5, 0.6) is 0 Å². The molecule has 5 atom stereocenters. The molecule has 0 aliphatic heterocycles. The molecule has 4 heteroatoms. The van der Waals surface area contributed by atoms with Crippen molar-refractivity contribution in [3.05, 3.63) is 35.4 Å². The molecule has 4 nitrogen and oxygen atoms in total. The number of hydrogen-bond donors (Lipinski definition) is 2. The van der Waals surface area contributed by atoms with E-state index < -0.39 is 0 Å². The van der Waals surface area contributed by atoms with Gasteiger partial charge in [-0.15, -0.1) is 0 Å². The van der Waals surface area contributed by atoms with Crippen molar-refractivity contribution in [2.24, 2.45) is 23.5 Å². The largest absolute Gasteiger partial charge is 0.373 e. The molecular formula is C21H30N2O2. The summed E-state index contributed by atoms with van der Waals surface area (Å²) in [6, 6.07) is 8.69. The van der Waals surface area contributed by atoms with E-state index in [0.29, 0.717) is 25.0 Å². The van der Waals surface area contributed by atoms with Gasteiger partial charge in [0.15, 0.2) is 0 Å². The number of ether oxygens (including phenoxy) is 1. The van der Waals surface area contributed by atoms with Gasteiger partial charge in [-0.2, -0.15) is 0 Å². The van der Waals surface area contributed by atoms with Crippen molar-refractivity contribution in [2.75, 3.05) is 13.2 Å². The fourth-order valence-electron chi connectivity index (χ4n) is 5.23. The summed E-state index contributed by atoms with van der Waals surface area (Å²) in [5.74, 6) is 1.32. The van der Waals surface area contributed by atoms with E-state index in [9.17, 15) is 4.79 Å². The smallest absolute Gasteiger partial charge is 0.224 e. The summed E-state index contributed by atoms with van der Waals surface area (Å²) < 4.78 is 6.11. The van der Waals surface area contributed by atoms with Crippen LogP contribution in [-0.2, 0) is 16.0 Å². The van der Waals surface area contributed by atoms with Crippen molar-refractivity contribution < 1.29 is 9.53 Å². The van der Waals surface area contributed by atoms with E-state index in [1.54, 1.807) is 0 Å². The highest BCUT2D eigenvalue weighted by Gasteiger charge is 2.48. The van der Waals surface area contributed by atoms with E-state index in [1.165, 1.54) is 30.4 Å². The summed E-state index contributed by atoms with van der Waals surface area (Å²) in [5.41, 5.74) is 9.03. The number of amides is 1. The lowest BCUT2D eigenvalue weighted by Crippen LogP contribution is -2.45. The number of nitrogens with one attached hydrogen (secondary N) is 1. The summed E-state index contributed by atoms with van der Waals surface area (Å²) in [7, 11) is 0. The number of aryl methyl sites for hydroxylation is 1. The summed E-state index contributed by atoms with van der Waals surface area (Å²) in [6.07, 6.45) is 8.09. The molecule has 1 aromatic carbocycles. The van der Waals surface area contributed by atoms with E-state index in [-0.39, 0.29) is 24.0 Å². The summed E-state index contributed by atoms with van der Waals surface area (Å²) in [5, 5.41) is 3.10. The van der Waals surface area contributed by atoms with Gasteiger partial charge in [0.25, 0.3) is 0 Å². The van der Waals surface area contributed by atoms with E-state index in [4.69, 9.17) is 10.5 Å². The van der Waals surface area contributed by atoms with Crippen molar-refractivity contribution in [2.45, 2.75) is 57.1 Å². The minimum absolute atomic E-state index is 0.0462. The maximum Gasteiger partial charge on any atom is 0.224 e. The van der Waals surface area contributed by atoms with Crippen LogP contribution in [0, 0.1) is 17.8 Å². The molecule has 1 amide bonds. The molecule has 136 valence electrons. The van der Waals surface area contributed by atoms with Gasteiger partial charge in [-0.25, -0.2) is 0 Å². The maximum atomic E-state index is 12.4. The number of benzene rings is 1. The van der Waals surface area contributed by atoms with Gasteiger partial charge < -0.3 is 15.8 Å². The average Bonchev–Trinajstić information content (AvgIpc) is 3.22. The first kappa shape index (κ1) is 17.0. The Morgan fingerprint density at radius 3 is 2.88 bits per heavy atom. The minimum atomic E-state index is 0.0462. The molecule has 25 heavy (non-hydrogen) atoms. The molecule has 3 N–H and O–H groups in total. The lowest BCUT2D eigenvalue weighted by Gasteiger charge is -2.27. The Hall–Kier alpha value is -1.39. The van der Waals surface area contributed by atoms with Crippen molar-refractivity contribution in [3.63, 3.8) is 0 Å². The fraction of sp³-hybridized carbons (Fsp3) is 0.667. The monoisotopic (exact) mass is 342 g/mol. The second kappa shape index (κ2) is 7.46. The highest BCUT2D eigenvalue weighted by Crippen LogP contribution is 2.47. The van der Waals surface area contributed by atoms with Gasteiger partial charge in [0.1, 0.15) is 0 Å². The quantitative estimate of drug-likeness (QED) is 0.781. The number of fused-ring (bicyclic) bond motifs is 3. The van der Waals surface area contributed by atoms with Crippen LogP contribution in [-0.4, -0.2) is 25.1 Å². The van der Waals surface area contributed by atoms with Gasteiger partial charge in [0.05, 0.1) is 12.0 Å². The molecule has 0 heterocycles. The van der Waals surface area contributed by atoms with Crippen LogP contribution < -0.4 is 11.1 Å². The molecule has 2 saturated carbocycles. The molecule has 3 aliphatic rings. The number of nitrogens with two attached hydrogens (primary N) is 1. The van der Waals surface area contributed by atoms with Crippen LogP contribution in [0.3, 0.4) is 0 Å². The molecule has 5 unspecified atom stereocenters. The van der Waals surface area contributed by atoms with Crippen molar-refractivity contribution in [1.82, 2.24) is 5.32 Å². The van der Waals surface area contributed by atoms with Gasteiger partial charge in [0, 0.05) is 19.2 Å². The van der Waals surface area contributed by atoms with E-state index >= 15 is 0 Å². The van der Waals surface area contributed by atoms with Crippen LogP contribution in [0.2, 0.25) is 0 Å². The highest BCUT2D eigenvalue weighted by atomic mass is 16.5. The molecule has 0 spiro atoms. The summed E-state index contributed by atoms with van der Waals surface area (Å²) in [6.45, 7) is 1.38. The number of rotatable bonds is 6. The zero-order chi connectivity index (χ0) is 17.2. The normalized spacial score (nSPS) is 33.2. The van der Waals surface area contributed by atoms with E-state index in [1.807, 2.05) is 0 Å². The predicted octanol–water partition coefficient (Wildman–Crippen LogP) is 2.96. The Morgan fingerprint density at radius 2 is 2.04 bits per heavy atom. The predicted molar refractivity (Wildman–Crippen MR) is 98.0 cm³/mol. The molecule has 2 fully saturated rings. The first-order valence-corrected chi connectivity index (χ1v) is 9.96. The lowest BCUT2D eigenvalue weighted by molar-refractivity contribution is -0.127. The molecule has 0 aromatic heterocycles. The SMILES string of the molecule is NC1C2CCC(C2)C1C(=O)NCCCOC1CCCc2ccccc21. The topological polar surface area (TPSA) is 64.4 Å². The third-order valence-electron chi connectivity index (χ3n) is 6.54. The zero-order valence-electron chi connectivity index (χ0n) is 15.0. The second-order valence-corrected chi connectivity index (χ2v) is 8.03. The van der Waals surface area contributed by atoms with Crippen LogP contribution in [0.1, 0.15) is 55.8 Å². The fourth-order valence-corrected chi connectivity index (χ4v) is 5.23. The van der Waals surface area contributed by atoms with E-state index in [2.05, 4.69) is 29.6 Å². The Balaban J connectivity index is 1.19. The minimum Gasteiger partial charge on any atom is -0.373 e. The van der Waals surface area contributed by atoms with Crippen LogP contribution >= 0.6 is 0 Å². The Bertz CT molecular complexity index is 616. The standard InChI is InChI=1S/C21H30N2O2/c22-20-16-10-9-15(13-16)19(20)21(24)23-11-4-12-25-18-8-3-6-14-5-1-2-7-17(14)18/h1-2,5,7,15-16,18-20H,3-4,6,8-13,22H2,(H,23,24). The third kappa shape index (κ3) is 3.47. The zero-order valence-corrected chi connectivity index (χ0v) is 15.0. The summed E-state index contributed by atoms with van der Waals surface area (Å²) >= 11 is 0. The number of carbonyl (C=O) groups is 1. The number of carbonyl (C=O) groups excluding carboxylic acids is 1. The lowest BCUT2D eigenvalue weighted by atomic mass is 9.84. The van der Waals surface area contributed by atoms with Crippen molar-refractivity contribution in [1.29, 1.82) is 0 Å². The van der Waals surface area contributed by atoms with Crippen molar-refractivity contribution >= 4 is 5.91 Å². The molecule has 0 saturated heterocycles. The average molecular weight is 342 g/mol. The van der Waals surface area contributed by atoms with E-state index in [0.717, 1.165) is 25.7 Å². The highest BCUT2D eigenvalue weighted by molar-refractivity contribution is 5.80. The number of hydrogen-bond acceptors (Lipinski definition) is 3. The molecule has 1 aromatic rings. The molecule has 4 rings (SSSR count). The Kier molecular flexibility index (Phi) is 5.09. The molecule has 3 aliphatic carbocycles. The summed E-state index contributed by atoms with van der Waals surface area (Å²) in [4.78, 5) is 12.4. The van der Waals surface area contributed by atoms with Crippen LogP contribution in [0.15, 0.2) is 24.3 Å². The van der Waals surface area contributed by atoms with Gasteiger partial charge in [0.2, 0.25) is 5.91 Å². The van der Waals surface area contributed by atoms with Gasteiger partial charge in [-0.1, -0.05) is 24.3 Å². The van der Waals surface area contributed by atoms with Gasteiger partial charge in [-0.3, -0.25) is 4.79 Å². The maximum absolute atomic E-state index is 12.4. The second-order valence-electron chi connectivity index (χ2n) is 8.03. The Morgan fingerprint density at radius 1 is 1.20 bits per heavy atom. The molecule has 2 bridgehead atoms. The van der Waals surface area contributed by atoms with Crippen LogP contribution in [0.25, 0.3) is 0 Å². The van der Waals surface area contributed by atoms with Crippen LogP contribution in [0.4, 0.5) is 0 Å². The van der Waals surface area contributed by atoms with Gasteiger partial charge >= 0.3 is 0 Å². The van der Waals surface area contributed by atoms with Gasteiger partial charge in [-0.05, 0) is 67.9 Å². The van der Waals surface area contributed by atoms with Crippen molar-refractivity contribution in [3.8, 4) is 0 Å². The first-order chi connectivity index (χ1) is 12.2. The molecular weight excluding hydrogens is 312 g/mol. The molecule has 0 radical (unpaired) electrons. The first-order valence-electron chi connectivity index (χ1n) is 9.96. The third-order valence-corrected chi connectivity index (χ3v) is 6.54.